The van der Waals surface area contributed by atoms with E-state index in [0.29, 0.717) is 35.9 Å². The van der Waals surface area contributed by atoms with Gasteiger partial charge in [0.15, 0.2) is 5.65 Å². The van der Waals surface area contributed by atoms with Crippen molar-refractivity contribution in [3.8, 4) is 0 Å². The number of nitrogens with one attached hydrogen (secondary N) is 1. The number of hydrogen-bond donors (Lipinski definition) is 1. The standard InChI is InChI=1S/C19H23N5O/c1-5-10-24(16-9-7-6-8-14(16)13(2)3)12-17-21-18-15(19(25)22-17)11-20-23(18)4/h5-9,11,13H,1,10,12H2,2-4H3,(H,21,22,25). The fraction of sp³-hybridized carbons (Fsp3) is 0.316. The number of aromatic nitrogens is 4. The Hall–Kier alpha value is -2.89. The number of fused-ring (bicyclic) bond motifs is 1. The summed E-state index contributed by atoms with van der Waals surface area (Å²) in [5, 5.41) is 4.62. The first-order chi connectivity index (χ1) is 12.0. The van der Waals surface area contributed by atoms with Crippen molar-refractivity contribution in [2.75, 3.05) is 11.4 Å². The molecule has 1 N–H and O–H groups in total. The zero-order valence-electron chi connectivity index (χ0n) is 14.9. The van der Waals surface area contributed by atoms with Gasteiger partial charge in [-0.3, -0.25) is 9.48 Å². The maximum atomic E-state index is 12.3. The highest BCUT2D eigenvalue weighted by Crippen LogP contribution is 2.28. The van der Waals surface area contributed by atoms with Gasteiger partial charge in [-0.25, -0.2) is 4.98 Å². The number of nitrogens with zero attached hydrogens (tertiary/aromatic N) is 4. The van der Waals surface area contributed by atoms with Crippen LogP contribution in [0.4, 0.5) is 5.69 Å². The second kappa shape index (κ2) is 6.93. The molecule has 25 heavy (non-hydrogen) atoms. The van der Waals surface area contributed by atoms with Crippen LogP contribution in [-0.2, 0) is 13.6 Å². The van der Waals surface area contributed by atoms with E-state index in [1.165, 1.54) is 5.56 Å². The molecule has 3 aromatic rings. The molecule has 0 bridgehead atoms. The van der Waals surface area contributed by atoms with Crippen LogP contribution in [-0.4, -0.2) is 26.3 Å². The Balaban J connectivity index is 2.02. The smallest absolute Gasteiger partial charge is 0.262 e. The van der Waals surface area contributed by atoms with E-state index in [2.05, 4.69) is 52.5 Å². The van der Waals surface area contributed by atoms with E-state index in [0.717, 1.165) is 5.69 Å². The highest BCUT2D eigenvalue weighted by Gasteiger charge is 2.15. The Morgan fingerprint density at radius 2 is 2.12 bits per heavy atom. The second-order valence-corrected chi connectivity index (χ2v) is 6.40. The van der Waals surface area contributed by atoms with Crippen molar-refractivity contribution in [3.05, 3.63) is 64.9 Å². The van der Waals surface area contributed by atoms with Crippen LogP contribution in [0.25, 0.3) is 11.0 Å². The first-order valence-electron chi connectivity index (χ1n) is 8.37. The van der Waals surface area contributed by atoms with Crippen molar-refractivity contribution >= 4 is 16.7 Å². The molecule has 6 nitrogen and oxygen atoms in total. The van der Waals surface area contributed by atoms with Gasteiger partial charge in [-0.15, -0.1) is 6.58 Å². The van der Waals surface area contributed by atoms with Gasteiger partial charge in [-0.05, 0) is 17.5 Å². The van der Waals surface area contributed by atoms with Gasteiger partial charge in [-0.2, -0.15) is 5.10 Å². The van der Waals surface area contributed by atoms with Gasteiger partial charge >= 0.3 is 0 Å². The predicted octanol–water partition coefficient (Wildman–Crippen LogP) is 2.97. The van der Waals surface area contributed by atoms with Gasteiger partial charge in [0.2, 0.25) is 0 Å². The molecule has 130 valence electrons. The van der Waals surface area contributed by atoms with Crippen LogP contribution in [0.5, 0.6) is 0 Å². The number of aromatic amines is 1. The lowest BCUT2D eigenvalue weighted by Gasteiger charge is -2.26. The van der Waals surface area contributed by atoms with Gasteiger partial charge in [-0.1, -0.05) is 38.1 Å². The maximum absolute atomic E-state index is 12.3. The van der Waals surface area contributed by atoms with Crippen molar-refractivity contribution in [1.82, 2.24) is 19.7 Å². The highest BCUT2D eigenvalue weighted by atomic mass is 16.1. The number of para-hydroxylation sites is 1. The molecule has 0 aliphatic heterocycles. The summed E-state index contributed by atoms with van der Waals surface area (Å²) < 4.78 is 1.62. The second-order valence-electron chi connectivity index (χ2n) is 6.40. The average molecular weight is 337 g/mol. The number of H-pyrrole nitrogens is 1. The minimum atomic E-state index is -0.163. The van der Waals surface area contributed by atoms with Crippen LogP contribution >= 0.6 is 0 Å². The lowest BCUT2D eigenvalue weighted by molar-refractivity contribution is 0.758. The molecular weight excluding hydrogens is 314 g/mol. The van der Waals surface area contributed by atoms with E-state index < -0.39 is 0 Å². The van der Waals surface area contributed by atoms with E-state index in [-0.39, 0.29) is 5.56 Å². The maximum Gasteiger partial charge on any atom is 0.262 e. The van der Waals surface area contributed by atoms with Crippen LogP contribution < -0.4 is 10.5 Å². The topological polar surface area (TPSA) is 66.8 Å². The summed E-state index contributed by atoms with van der Waals surface area (Å²) in [6.07, 6.45) is 3.40. The molecule has 0 unspecified atom stereocenters. The monoisotopic (exact) mass is 337 g/mol. The predicted molar refractivity (Wildman–Crippen MR) is 101 cm³/mol. The van der Waals surface area contributed by atoms with Crippen LogP contribution in [0.1, 0.15) is 31.2 Å². The molecule has 0 aliphatic carbocycles. The first kappa shape index (κ1) is 17.0. The quantitative estimate of drug-likeness (QED) is 0.702. The highest BCUT2D eigenvalue weighted by molar-refractivity contribution is 5.73. The third-order valence-corrected chi connectivity index (χ3v) is 4.24. The Morgan fingerprint density at radius 3 is 2.84 bits per heavy atom. The third kappa shape index (κ3) is 3.33. The Bertz CT molecular complexity index is 954. The third-order valence-electron chi connectivity index (χ3n) is 4.24. The van der Waals surface area contributed by atoms with E-state index in [4.69, 9.17) is 0 Å². The minimum Gasteiger partial charge on any atom is -0.360 e. The fourth-order valence-electron chi connectivity index (χ4n) is 3.00. The fourth-order valence-corrected chi connectivity index (χ4v) is 3.00. The van der Waals surface area contributed by atoms with Gasteiger partial charge < -0.3 is 9.88 Å². The molecule has 2 heterocycles. The molecule has 1 aromatic carbocycles. The van der Waals surface area contributed by atoms with Crippen LogP contribution in [0.2, 0.25) is 0 Å². The summed E-state index contributed by atoms with van der Waals surface area (Å²) >= 11 is 0. The molecule has 0 fully saturated rings. The summed E-state index contributed by atoms with van der Waals surface area (Å²) in [4.78, 5) is 21.9. The van der Waals surface area contributed by atoms with E-state index >= 15 is 0 Å². The Morgan fingerprint density at radius 1 is 1.36 bits per heavy atom. The molecule has 0 amide bonds. The number of aryl methyl sites for hydroxylation is 1. The molecule has 0 aliphatic rings. The van der Waals surface area contributed by atoms with E-state index in [1.54, 1.807) is 17.9 Å². The Labute approximate surface area is 146 Å². The summed E-state index contributed by atoms with van der Waals surface area (Å²) in [5.74, 6) is 1.01. The normalized spacial score (nSPS) is 11.2. The Kier molecular flexibility index (Phi) is 4.70. The zero-order chi connectivity index (χ0) is 18.0. The van der Waals surface area contributed by atoms with Crippen molar-refractivity contribution in [1.29, 1.82) is 0 Å². The lowest BCUT2D eigenvalue weighted by atomic mass is 10.0. The molecule has 3 rings (SSSR count). The lowest BCUT2D eigenvalue weighted by Crippen LogP contribution is -2.27. The summed E-state index contributed by atoms with van der Waals surface area (Å²) in [6, 6.07) is 8.31. The number of hydrogen-bond acceptors (Lipinski definition) is 4. The molecule has 0 saturated carbocycles. The number of benzene rings is 1. The summed E-state index contributed by atoms with van der Waals surface area (Å²) in [7, 11) is 1.79. The first-order valence-corrected chi connectivity index (χ1v) is 8.37. The molecule has 0 spiro atoms. The summed E-state index contributed by atoms with van der Waals surface area (Å²) in [5.41, 5.74) is 2.82. The average Bonchev–Trinajstić information content (AvgIpc) is 2.96. The van der Waals surface area contributed by atoms with Gasteiger partial charge in [0.25, 0.3) is 5.56 Å². The minimum absolute atomic E-state index is 0.163. The largest absolute Gasteiger partial charge is 0.360 e. The number of rotatable bonds is 6. The molecule has 0 atom stereocenters. The van der Waals surface area contributed by atoms with Crippen molar-refractivity contribution in [2.24, 2.45) is 7.05 Å². The molecule has 0 saturated heterocycles. The molecule has 6 heteroatoms. The summed E-state index contributed by atoms with van der Waals surface area (Å²) in [6.45, 7) is 9.37. The molecule has 2 aromatic heterocycles. The van der Waals surface area contributed by atoms with Crippen molar-refractivity contribution < 1.29 is 0 Å². The van der Waals surface area contributed by atoms with Gasteiger partial charge in [0.1, 0.15) is 11.2 Å². The van der Waals surface area contributed by atoms with E-state index in [1.807, 2.05) is 18.2 Å². The number of anilines is 1. The SMILES string of the molecule is C=CCN(Cc1nc2c(cnn2C)c(=O)[nH]1)c1ccccc1C(C)C. The molecular formula is C19H23N5O. The molecule has 0 radical (unpaired) electrons. The van der Waals surface area contributed by atoms with Crippen LogP contribution in [0.3, 0.4) is 0 Å². The van der Waals surface area contributed by atoms with Crippen LogP contribution in [0, 0.1) is 0 Å². The van der Waals surface area contributed by atoms with Gasteiger partial charge in [0.05, 0.1) is 12.7 Å². The van der Waals surface area contributed by atoms with Crippen molar-refractivity contribution in [2.45, 2.75) is 26.3 Å². The van der Waals surface area contributed by atoms with Crippen LogP contribution in [0.15, 0.2) is 47.9 Å². The van der Waals surface area contributed by atoms with E-state index in [9.17, 15) is 4.79 Å². The van der Waals surface area contributed by atoms with Crippen molar-refractivity contribution in [3.63, 3.8) is 0 Å². The van der Waals surface area contributed by atoms with Gasteiger partial charge in [0, 0.05) is 19.3 Å². The zero-order valence-corrected chi connectivity index (χ0v) is 14.9.